The number of nitrogen functional groups attached to an aromatic ring is 1. The quantitative estimate of drug-likeness (QED) is 0.729. The summed E-state index contributed by atoms with van der Waals surface area (Å²) < 4.78 is 0. The molecule has 1 aromatic carbocycles. The Morgan fingerprint density at radius 3 is 2.50 bits per heavy atom. The maximum Gasteiger partial charge on any atom is 0.251 e. The maximum atomic E-state index is 11.9. The van der Waals surface area contributed by atoms with E-state index in [1.807, 2.05) is 6.92 Å². The topological polar surface area (TPSA) is 75.3 Å². The first-order valence-corrected chi connectivity index (χ1v) is 6.37. The van der Waals surface area contributed by atoms with Crippen LogP contribution in [0.2, 0.25) is 10.0 Å². The van der Waals surface area contributed by atoms with Gasteiger partial charge in [0.25, 0.3) is 5.91 Å². The Labute approximate surface area is 116 Å². The predicted octanol–water partition coefficient (Wildman–Crippen LogP) is 2.47. The number of nitrogens with one attached hydrogen (secondary N) is 1. The molecule has 0 aliphatic rings. The lowest BCUT2D eigenvalue weighted by atomic mass is 10.1. The van der Waals surface area contributed by atoms with Crippen molar-refractivity contribution in [3.05, 3.63) is 27.7 Å². The number of amides is 1. The molecule has 0 aliphatic carbocycles. The van der Waals surface area contributed by atoms with Crippen molar-refractivity contribution in [2.45, 2.75) is 25.8 Å². The summed E-state index contributed by atoms with van der Waals surface area (Å²) in [7, 11) is 0. The highest BCUT2D eigenvalue weighted by Gasteiger charge is 2.13. The van der Waals surface area contributed by atoms with Crippen molar-refractivity contribution in [2.75, 3.05) is 12.3 Å². The number of rotatable bonds is 5. The summed E-state index contributed by atoms with van der Waals surface area (Å²) in [5.74, 6) is -0.260. The molecule has 1 atom stereocenters. The summed E-state index contributed by atoms with van der Waals surface area (Å²) in [6.45, 7) is 1.98. The molecule has 1 aromatic rings. The van der Waals surface area contributed by atoms with Crippen LogP contribution in [0, 0.1) is 0 Å². The van der Waals surface area contributed by atoms with E-state index in [4.69, 9.17) is 34.0 Å². The molecule has 0 aromatic heterocycles. The number of benzene rings is 1. The minimum absolute atomic E-state index is 0.0280. The molecule has 0 spiro atoms. The van der Waals surface area contributed by atoms with Crippen molar-refractivity contribution in [1.82, 2.24) is 5.32 Å². The van der Waals surface area contributed by atoms with Gasteiger partial charge in [0, 0.05) is 18.2 Å². The average Bonchev–Trinajstić information content (AvgIpc) is 2.32. The second-order valence-electron chi connectivity index (χ2n) is 4.09. The zero-order chi connectivity index (χ0) is 13.7. The van der Waals surface area contributed by atoms with Gasteiger partial charge in [-0.05, 0) is 31.9 Å². The molecule has 1 rings (SSSR count). The summed E-state index contributed by atoms with van der Waals surface area (Å²) in [5.41, 5.74) is 6.23. The molecule has 1 amide bonds. The van der Waals surface area contributed by atoms with E-state index in [0.717, 1.165) is 0 Å². The highest BCUT2D eigenvalue weighted by Crippen LogP contribution is 2.28. The predicted molar refractivity (Wildman–Crippen MR) is 74.1 cm³/mol. The average molecular weight is 291 g/mol. The summed E-state index contributed by atoms with van der Waals surface area (Å²) in [6, 6.07) is 2.94. The van der Waals surface area contributed by atoms with Crippen molar-refractivity contribution in [3.63, 3.8) is 0 Å². The summed E-state index contributed by atoms with van der Waals surface area (Å²) in [4.78, 5) is 11.9. The van der Waals surface area contributed by atoms with Crippen LogP contribution in [0.1, 0.15) is 30.1 Å². The van der Waals surface area contributed by atoms with Crippen LogP contribution in [0.5, 0.6) is 0 Å². The minimum Gasteiger partial charge on any atom is -0.396 e. The van der Waals surface area contributed by atoms with Gasteiger partial charge >= 0.3 is 0 Å². The monoisotopic (exact) mass is 290 g/mol. The number of hydrogen-bond acceptors (Lipinski definition) is 3. The second kappa shape index (κ2) is 6.83. The number of hydrogen-bond donors (Lipinski definition) is 3. The molecule has 1 unspecified atom stereocenters. The highest BCUT2D eigenvalue weighted by atomic mass is 35.5. The number of aliphatic hydroxyl groups is 1. The van der Waals surface area contributed by atoms with Crippen molar-refractivity contribution < 1.29 is 9.90 Å². The van der Waals surface area contributed by atoms with Crippen LogP contribution in [0.3, 0.4) is 0 Å². The summed E-state index contributed by atoms with van der Waals surface area (Å²) in [5, 5.41) is 12.0. The van der Waals surface area contributed by atoms with Crippen LogP contribution in [0.15, 0.2) is 12.1 Å². The molecule has 4 nitrogen and oxygen atoms in total. The second-order valence-corrected chi connectivity index (χ2v) is 4.91. The molecule has 0 heterocycles. The first-order chi connectivity index (χ1) is 8.45. The third-order valence-electron chi connectivity index (χ3n) is 2.51. The standard InChI is InChI=1S/C12H16Cl2N2O2/c1-7(3-2-4-17)16-12(18)8-5-9(13)11(15)10(14)6-8/h5-7,17H,2-4,15H2,1H3,(H,16,18). The lowest BCUT2D eigenvalue weighted by Crippen LogP contribution is -2.32. The Balaban J connectivity index is 2.73. The number of halogens is 2. The van der Waals surface area contributed by atoms with Crippen LogP contribution in [0.25, 0.3) is 0 Å². The van der Waals surface area contributed by atoms with Gasteiger partial charge in [0.2, 0.25) is 0 Å². The van der Waals surface area contributed by atoms with Crippen LogP contribution in [0.4, 0.5) is 5.69 Å². The van der Waals surface area contributed by atoms with Crippen LogP contribution in [-0.2, 0) is 0 Å². The van der Waals surface area contributed by atoms with Gasteiger partial charge in [-0.3, -0.25) is 4.79 Å². The van der Waals surface area contributed by atoms with E-state index < -0.39 is 0 Å². The molecule has 0 saturated carbocycles. The highest BCUT2D eigenvalue weighted by molar-refractivity contribution is 6.39. The fourth-order valence-corrected chi connectivity index (χ4v) is 1.98. The molecular weight excluding hydrogens is 275 g/mol. The van der Waals surface area contributed by atoms with Crippen molar-refractivity contribution in [3.8, 4) is 0 Å². The molecule has 0 fully saturated rings. The molecule has 100 valence electrons. The normalized spacial score (nSPS) is 12.2. The Morgan fingerprint density at radius 2 is 2.00 bits per heavy atom. The van der Waals surface area contributed by atoms with Crippen molar-refractivity contribution >= 4 is 34.8 Å². The van der Waals surface area contributed by atoms with E-state index in [1.165, 1.54) is 12.1 Å². The van der Waals surface area contributed by atoms with Gasteiger partial charge in [0.1, 0.15) is 0 Å². The van der Waals surface area contributed by atoms with Gasteiger partial charge in [-0.2, -0.15) is 0 Å². The fraction of sp³-hybridized carbons (Fsp3) is 0.417. The van der Waals surface area contributed by atoms with Gasteiger partial charge in [-0.1, -0.05) is 23.2 Å². The molecule has 18 heavy (non-hydrogen) atoms. The lowest BCUT2D eigenvalue weighted by Gasteiger charge is -2.14. The third kappa shape index (κ3) is 4.05. The number of aliphatic hydroxyl groups excluding tert-OH is 1. The first-order valence-electron chi connectivity index (χ1n) is 5.62. The first kappa shape index (κ1) is 15.1. The lowest BCUT2D eigenvalue weighted by molar-refractivity contribution is 0.0936. The Hall–Kier alpha value is -0.970. The molecule has 0 radical (unpaired) electrons. The smallest absolute Gasteiger partial charge is 0.251 e. The van der Waals surface area contributed by atoms with E-state index in [9.17, 15) is 4.79 Å². The molecule has 0 saturated heterocycles. The van der Waals surface area contributed by atoms with Gasteiger partial charge < -0.3 is 16.2 Å². The number of carbonyl (C=O) groups is 1. The number of anilines is 1. The van der Waals surface area contributed by atoms with E-state index in [2.05, 4.69) is 5.32 Å². The zero-order valence-electron chi connectivity index (χ0n) is 10.0. The van der Waals surface area contributed by atoms with Crippen LogP contribution < -0.4 is 11.1 Å². The van der Waals surface area contributed by atoms with Crippen LogP contribution in [-0.4, -0.2) is 23.7 Å². The third-order valence-corrected chi connectivity index (χ3v) is 3.14. The molecule has 4 N–H and O–H groups in total. The van der Waals surface area contributed by atoms with Crippen molar-refractivity contribution in [2.24, 2.45) is 0 Å². The van der Waals surface area contributed by atoms with Gasteiger partial charge in [-0.25, -0.2) is 0 Å². The number of carbonyl (C=O) groups excluding carboxylic acids is 1. The molecule has 0 bridgehead atoms. The van der Waals surface area contributed by atoms with E-state index in [0.29, 0.717) is 18.4 Å². The van der Waals surface area contributed by atoms with E-state index in [1.54, 1.807) is 0 Å². The molecule has 6 heteroatoms. The Bertz CT molecular complexity index is 415. The van der Waals surface area contributed by atoms with Gasteiger partial charge in [-0.15, -0.1) is 0 Å². The summed E-state index contributed by atoms with van der Waals surface area (Å²) in [6.07, 6.45) is 1.35. The SMILES string of the molecule is CC(CCCO)NC(=O)c1cc(Cl)c(N)c(Cl)c1. The minimum atomic E-state index is -0.260. The fourth-order valence-electron chi connectivity index (χ4n) is 1.49. The molecular formula is C12H16Cl2N2O2. The zero-order valence-corrected chi connectivity index (χ0v) is 11.6. The van der Waals surface area contributed by atoms with E-state index in [-0.39, 0.29) is 34.3 Å². The largest absolute Gasteiger partial charge is 0.396 e. The van der Waals surface area contributed by atoms with Crippen molar-refractivity contribution in [1.29, 1.82) is 0 Å². The Morgan fingerprint density at radius 1 is 1.44 bits per heavy atom. The van der Waals surface area contributed by atoms with E-state index >= 15 is 0 Å². The maximum absolute atomic E-state index is 11.9. The Kier molecular flexibility index (Phi) is 5.72. The summed E-state index contributed by atoms with van der Waals surface area (Å²) >= 11 is 11.7. The number of nitrogens with two attached hydrogens (primary N) is 1. The van der Waals surface area contributed by atoms with Crippen LogP contribution >= 0.6 is 23.2 Å². The van der Waals surface area contributed by atoms with Gasteiger partial charge in [0.15, 0.2) is 0 Å². The molecule has 0 aliphatic heterocycles. The van der Waals surface area contributed by atoms with Gasteiger partial charge in [0.05, 0.1) is 15.7 Å².